The van der Waals surface area contributed by atoms with E-state index < -0.39 is 0 Å². The zero-order valence-electron chi connectivity index (χ0n) is 13.1. The van der Waals surface area contributed by atoms with Crippen LogP contribution >= 0.6 is 11.3 Å². The fourth-order valence-corrected chi connectivity index (χ4v) is 3.02. The summed E-state index contributed by atoms with van der Waals surface area (Å²) in [5, 5.41) is 23.9. The van der Waals surface area contributed by atoms with Crippen molar-refractivity contribution in [2.24, 2.45) is 0 Å². The van der Waals surface area contributed by atoms with Gasteiger partial charge in [-0.05, 0) is 5.56 Å². The van der Waals surface area contributed by atoms with Gasteiger partial charge in [0.2, 0.25) is 5.91 Å². The van der Waals surface area contributed by atoms with Crippen LogP contribution in [0.25, 0.3) is 10.7 Å². The van der Waals surface area contributed by atoms with Crippen LogP contribution in [-0.2, 0) is 17.8 Å². The largest absolute Gasteiger partial charge is 0.506 e. The molecular weight excluding hydrogens is 336 g/mol. The second-order valence-electron chi connectivity index (χ2n) is 5.29. The van der Waals surface area contributed by atoms with Gasteiger partial charge in [0.1, 0.15) is 22.5 Å². The Bertz CT molecular complexity index is 932. The summed E-state index contributed by atoms with van der Waals surface area (Å²) in [6.07, 6.45) is 1.53. The highest BCUT2D eigenvalue weighted by molar-refractivity contribution is 7.13. The van der Waals surface area contributed by atoms with Crippen LogP contribution in [0, 0.1) is 11.3 Å². The van der Waals surface area contributed by atoms with Gasteiger partial charge in [0.05, 0.1) is 17.7 Å². The molecule has 2 aromatic heterocycles. The monoisotopic (exact) mass is 350 g/mol. The van der Waals surface area contributed by atoms with Crippen molar-refractivity contribution < 1.29 is 9.90 Å². The van der Waals surface area contributed by atoms with Crippen LogP contribution in [-0.4, -0.2) is 21.0 Å². The van der Waals surface area contributed by atoms with Crippen LogP contribution in [0.15, 0.2) is 48.0 Å². The Hall–Kier alpha value is -3.24. The van der Waals surface area contributed by atoms with Crippen molar-refractivity contribution >= 4 is 17.2 Å². The molecular formula is C18H14N4O2S. The topological polar surface area (TPSA) is 98.9 Å². The molecule has 0 aliphatic heterocycles. The van der Waals surface area contributed by atoms with E-state index >= 15 is 0 Å². The molecule has 3 rings (SSSR count). The second-order valence-corrected chi connectivity index (χ2v) is 6.14. The normalized spacial score (nSPS) is 10.2. The van der Waals surface area contributed by atoms with Gasteiger partial charge in [-0.15, -0.1) is 11.3 Å². The van der Waals surface area contributed by atoms with Crippen LogP contribution in [0.4, 0.5) is 0 Å². The SMILES string of the molecule is N#Cc1cnc(-c2nc(CC(=O)NCc3ccccc3)cs2)c(O)c1. The molecule has 1 amide bonds. The number of thiazole rings is 1. The summed E-state index contributed by atoms with van der Waals surface area (Å²) in [6.45, 7) is 0.467. The number of carbonyl (C=O) groups excluding carboxylic acids is 1. The van der Waals surface area contributed by atoms with Crippen molar-refractivity contribution in [2.45, 2.75) is 13.0 Å². The minimum Gasteiger partial charge on any atom is -0.506 e. The van der Waals surface area contributed by atoms with E-state index in [1.165, 1.54) is 23.6 Å². The van der Waals surface area contributed by atoms with E-state index in [1.807, 2.05) is 36.4 Å². The zero-order chi connectivity index (χ0) is 17.6. The molecule has 25 heavy (non-hydrogen) atoms. The van der Waals surface area contributed by atoms with E-state index in [1.54, 1.807) is 5.38 Å². The molecule has 0 bridgehead atoms. The van der Waals surface area contributed by atoms with Gasteiger partial charge in [-0.2, -0.15) is 5.26 Å². The number of carbonyl (C=O) groups is 1. The van der Waals surface area contributed by atoms with Gasteiger partial charge in [0, 0.05) is 24.2 Å². The van der Waals surface area contributed by atoms with E-state index in [0.29, 0.717) is 22.9 Å². The molecule has 2 N–H and O–H groups in total. The third kappa shape index (κ3) is 4.19. The number of amides is 1. The van der Waals surface area contributed by atoms with Crippen LogP contribution in [0.5, 0.6) is 5.75 Å². The number of nitriles is 1. The predicted molar refractivity (Wildman–Crippen MR) is 93.7 cm³/mol. The maximum absolute atomic E-state index is 12.0. The maximum Gasteiger partial charge on any atom is 0.226 e. The van der Waals surface area contributed by atoms with E-state index in [2.05, 4.69) is 15.3 Å². The molecule has 2 heterocycles. The number of aromatic nitrogens is 2. The number of nitrogens with one attached hydrogen (secondary N) is 1. The molecule has 0 fully saturated rings. The second kappa shape index (κ2) is 7.55. The highest BCUT2D eigenvalue weighted by Gasteiger charge is 2.13. The van der Waals surface area contributed by atoms with E-state index in [4.69, 9.17) is 5.26 Å². The summed E-state index contributed by atoms with van der Waals surface area (Å²) in [6, 6.07) is 12.9. The third-order valence-corrected chi connectivity index (χ3v) is 4.32. The zero-order valence-corrected chi connectivity index (χ0v) is 14.0. The van der Waals surface area contributed by atoms with Gasteiger partial charge >= 0.3 is 0 Å². The Kier molecular flexibility index (Phi) is 5.02. The molecule has 0 saturated carbocycles. The number of nitrogens with zero attached hydrogens (tertiary/aromatic N) is 3. The number of aromatic hydroxyl groups is 1. The molecule has 3 aromatic rings. The molecule has 1 aromatic carbocycles. The lowest BCUT2D eigenvalue weighted by Crippen LogP contribution is -2.24. The number of rotatable bonds is 5. The molecule has 0 atom stereocenters. The van der Waals surface area contributed by atoms with Crippen molar-refractivity contribution in [3.05, 3.63) is 64.8 Å². The summed E-state index contributed by atoms with van der Waals surface area (Å²) in [4.78, 5) is 20.4. The number of hydrogen-bond acceptors (Lipinski definition) is 6. The quantitative estimate of drug-likeness (QED) is 0.737. The molecule has 124 valence electrons. The van der Waals surface area contributed by atoms with Gasteiger partial charge < -0.3 is 10.4 Å². The lowest BCUT2D eigenvalue weighted by molar-refractivity contribution is -0.120. The van der Waals surface area contributed by atoms with Gasteiger partial charge in [0.25, 0.3) is 0 Å². The average molecular weight is 350 g/mol. The van der Waals surface area contributed by atoms with Crippen LogP contribution in [0.1, 0.15) is 16.8 Å². The first-order valence-corrected chi connectivity index (χ1v) is 8.38. The molecule has 7 heteroatoms. The molecule has 0 unspecified atom stereocenters. The summed E-state index contributed by atoms with van der Waals surface area (Å²) in [5.41, 5.74) is 2.22. The molecule has 0 spiro atoms. The first-order valence-electron chi connectivity index (χ1n) is 7.50. The van der Waals surface area contributed by atoms with Crippen LogP contribution < -0.4 is 5.32 Å². The van der Waals surface area contributed by atoms with Crippen LogP contribution in [0.3, 0.4) is 0 Å². The Morgan fingerprint density at radius 3 is 2.84 bits per heavy atom. The van der Waals surface area contributed by atoms with Gasteiger partial charge in [-0.25, -0.2) is 9.97 Å². The lowest BCUT2D eigenvalue weighted by atomic mass is 10.2. The van der Waals surface area contributed by atoms with E-state index in [-0.39, 0.29) is 23.6 Å². The fraction of sp³-hybridized carbons (Fsp3) is 0.111. The molecule has 6 nitrogen and oxygen atoms in total. The minimum absolute atomic E-state index is 0.103. The molecule has 0 saturated heterocycles. The fourth-order valence-electron chi connectivity index (χ4n) is 2.20. The van der Waals surface area contributed by atoms with Gasteiger partial charge in [0.15, 0.2) is 0 Å². The predicted octanol–water partition coefficient (Wildman–Crippen LogP) is 2.64. The maximum atomic E-state index is 12.0. The van der Waals surface area contributed by atoms with Crippen LogP contribution in [0.2, 0.25) is 0 Å². The number of hydrogen-bond donors (Lipinski definition) is 2. The Morgan fingerprint density at radius 2 is 2.12 bits per heavy atom. The molecule has 0 aliphatic carbocycles. The van der Waals surface area contributed by atoms with Crippen molar-refractivity contribution in [2.75, 3.05) is 0 Å². The first-order chi connectivity index (χ1) is 12.2. The average Bonchev–Trinajstić information content (AvgIpc) is 3.08. The Morgan fingerprint density at radius 1 is 1.32 bits per heavy atom. The Labute approximate surface area is 148 Å². The smallest absolute Gasteiger partial charge is 0.226 e. The lowest BCUT2D eigenvalue weighted by Gasteiger charge is -2.04. The standard InChI is InChI=1S/C18H14N4O2S/c19-8-13-6-15(23)17(21-10-13)18-22-14(11-25-18)7-16(24)20-9-12-4-2-1-3-5-12/h1-6,10-11,23H,7,9H2,(H,20,24). The summed E-state index contributed by atoms with van der Waals surface area (Å²) < 4.78 is 0. The summed E-state index contributed by atoms with van der Waals surface area (Å²) >= 11 is 1.29. The highest BCUT2D eigenvalue weighted by Crippen LogP contribution is 2.30. The number of benzene rings is 1. The van der Waals surface area contributed by atoms with Crippen molar-refractivity contribution in [1.82, 2.24) is 15.3 Å². The van der Waals surface area contributed by atoms with Gasteiger partial charge in [-0.1, -0.05) is 30.3 Å². The minimum atomic E-state index is -0.127. The first kappa shape index (κ1) is 16.6. The highest BCUT2D eigenvalue weighted by atomic mass is 32.1. The Balaban J connectivity index is 1.63. The molecule has 0 radical (unpaired) electrons. The third-order valence-electron chi connectivity index (χ3n) is 3.43. The van der Waals surface area contributed by atoms with E-state index in [9.17, 15) is 9.90 Å². The molecule has 0 aliphatic rings. The van der Waals surface area contributed by atoms with Gasteiger partial charge in [-0.3, -0.25) is 4.79 Å². The summed E-state index contributed by atoms with van der Waals surface area (Å²) in [5.74, 6) is -0.230. The van der Waals surface area contributed by atoms with Crippen molar-refractivity contribution in [1.29, 1.82) is 5.26 Å². The van der Waals surface area contributed by atoms with Crippen molar-refractivity contribution in [3.63, 3.8) is 0 Å². The van der Waals surface area contributed by atoms with E-state index in [0.717, 1.165) is 5.56 Å². The summed E-state index contributed by atoms with van der Waals surface area (Å²) in [7, 11) is 0. The number of pyridine rings is 1. The van der Waals surface area contributed by atoms with Crippen molar-refractivity contribution in [3.8, 4) is 22.5 Å².